The molecule has 8 heteroatoms. The lowest BCUT2D eigenvalue weighted by molar-refractivity contribution is 0.167. The number of benzene rings is 1. The van der Waals surface area contributed by atoms with Gasteiger partial charge in [0.05, 0.1) is 6.04 Å². The van der Waals surface area contributed by atoms with Crippen molar-refractivity contribution < 1.29 is 18.4 Å². The van der Waals surface area contributed by atoms with E-state index in [9.17, 15) is 9.18 Å². The Bertz CT molecular complexity index is 786. The molecular weight excluding hydrogens is 375 g/mol. The Labute approximate surface area is 171 Å². The van der Waals surface area contributed by atoms with Crippen molar-refractivity contribution in [2.24, 2.45) is 5.41 Å². The predicted octanol–water partition coefficient (Wildman–Crippen LogP) is 4.06. The van der Waals surface area contributed by atoms with Crippen LogP contribution in [0.1, 0.15) is 58.7 Å². The van der Waals surface area contributed by atoms with Gasteiger partial charge in [-0.15, -0.1) is 0 Å². The third kappa shape index (κ3) is 7.36. The highest BCUT2D eigenvalue weighted by Gasteiger charge is 2.27. The van der Waals surface area contributed by atoms with Crippen LogP contribution >= 0.6 is 0 Å². The van der Waals surface area contributed by atoms with Crippen LogP contribution in [0.2, 0.25) is 0 Å². The van der Waals surface area contributed by atoms with Gasteiger partial charge >= 0.3 is 6.03 Å². The van der Waals surface area contributed by atoms with Crippen molar-refractivity contribution in [1.82, 2.24) is 20.8 Å². The SMILES string of the molecule is CC(C)c1noc(CCCNC(=O)NC(COc2ccccc2F)C(C)(C)C)n1. The third-order valence-corrected chi connectivity index (χ3v) is 4.45. The Hall–Kier alpha value is -2.64. The molecule has 0 radical (unpaired) electrons. The number of aromatic nitrogens is 2. The van der Waals surface area contributed by atoms with Crippen molar-refractivity contribution in [3.63, 3.8) is 0 Å². The average Bonchev–Trinajstić information content (AvgIpc) is 3.12. The zero-order valence-electron chi connectivity index (χ0n) is 17.8. The Kier molecular flexibility index (Phi) is 7.99. The summed E-state index contributed by atoms with van der Waals surface area (Å²) in [5.41, 5.74) is -0.264. The summed E-state index contributed by atoms with van der Waals surface area (Å²) in [5, 5.41) is 9.66. The van der Waals surface area contributed by atoms with Gasteiger partial charge in [0.1, 0.15) is 6.61 Å². The van der Waals surface area contributed by atoms with E-state index in [1.165, 1.54) is 6.07 Å². The van der Waals surface area contributed by atoms with E-state index in [1.807, 2.05) is 34.6 Å². The highest BCUT2D eigenvalue weighted by atomic mass is 19.1. The van der Waals surface area contributed by atoms with Gasteiger partial charge in [-0.05, 0) is 24.0 Å². The van der Waals surface area contributed by atoms with Crippen LogP contribution in [0.15, 0.2) is 28.8 Å². The fourth-order valence-electron chi connectivity index (χ4n) is 2.50. The molecule has 0 spiro atoms. The fourth-order valence-corrected chi connectivity index (χ4v) is 2.50. The number of aryl methyl sites for hydroxylation is 1. The Morgan fingerprint density at radius 1 is 1.28 bits per heavy atom. The number of halogens is 1. The van der Waals surface area contributed by atoms with E-state index in [2.05, 4.69) is 20.8 Å². The number of urea groups is 1. The number of hydrogen-bond donors (Lipinski definition) is 2. The summed E-state index contributed by atoms with van der Waals surface area (Å²) >= 11 is 0. The van der Waals surface area contributed by atoms with Crippen LogP contribution in [-0.2, 0) is 6.42 Å². The Morgan fingerprint density at radius 3 is 2.62 bits per heavy atom. The molecule has 2 N–H and O–H groups in total. The molecule has 0 saturated heterocycles. The van der Waals surface area contributed by atoms with Crippen LogP contribution in [0, 0.1) is 11.2 Å². The van der Waals surface area contributed by atoms with Gasteiger partial charge in [-0.25, -0.2) is 9.18 Å². The molecule has 1 atom stereocenters. The molecule has 2 rings (SSSR count). The summed E-state index contributed by atoms with van der Waals surface area (Å²) in [7, 11) is 0. The number of nitrogens with zero attached hydrogens (tertiary/aromatic N) is 2. The molecule has 0 fully saturated rings. The minimum absolute atomic E-state index is 0.165. The maximum absolute atomic E-state index is 13.7. The van der Waals surface area contributed by atoms with Gasteiger partial charge in [-0.1, -0.05) is 51.9 Å². The largest absolute Gasteiger partial charge is 0.488 e. The molecule has 1 aromatic carbocycles. The van der Waals surface area contributed by atoms with Crippen LogP contribution in [-0.4, -0.2) is 35.4 Å². The van der Waals surface area contributed by atoms with Gasteiger partial charge in [0.2, 0.25) is 5.89 Å². The first kappa shape index (κ1) is 22.6. The molecular formula is C21H31FN4O3. The lowest BCUT2D eigenvalue weighted by atomic mass is 9.87. The molecule has 29 heavy (non-hydrogen) atoms. The van der Waals surface area contributed by atoms with Crippen molar-refractivity contribution in [3.8, 4) is 5.75 Å². The maximum Gasteiger partial charge on any atom is 0.315 e. The number of hydrogen-bond acceptors (Lipinski definition) is 5. The van der Waals surface area contributed by atoms with Gasteiger partial charge in [0.25, 0.3) is 0 Å². The van der Waals surface area contributed by atoms with Crippen LogP contribution in [0.4, 0.5) is 9.18 Å². The highest BCUT2D eigenvalue weighted by Crippen LogP contribution is 2.22. The van der Waals surface area contributed by atoms with Crippen molar-refractivity contribution in [2.75, 3.05) is 13.2 Å². The second kappa shape index (κ2) is 10.2. The fraction of sp³-hybridized carbons (Fsp3) is 0.571. The minimum atomic E-state index is -0.425. The van der Waals surface area contributed by atoms with E-state index in [1.54, 1.807) is 18.2 Å². The van der Waals surface area contributed by atoms with Crippen LogP contribution in [0.25, 0.3) is 0 Å². The van der Waals surface area contributed by atoms with E-state index >= 15 is 0 Å². The molecule has 2 aromatic rings. The number of rotatable bonds is 9. The van der Waals surface area contributed by atoms with E-state index in [4.69, 9.17) is 9.26 Å². The first-order chi connectivity index (χ1) is 13.7. The molecule has 0 aliphatic heterocycles. The summed E-state index contributed by atoms with van der Waals surface area (Å²) in [6.45, 7) is 10.6. The summed E-state index contributed by atoms with van der Waals surface area (Å²) in [5.74, 6) is 1.23. The van der Waals surface area contributed by atoms with Crippen molar-refractivity contribution in [2.45, 2.75) is 59.4 Å². The Balaban J connectivity index is 1.77. The first-order valence-electron chi connectivity index (χ1n) is 9.91. The van der Waals surface area contributed by atoms with Gasteiger partial charge in [0.15, 0.2) is 17.4 Å². The number of nitrogens with one attached hydrogen (secondary N) is 2. The molecule has 7 nitrogen and oxygen atoms in total. The number of ether oxygens (including phenoxy) is 1. The average molecular weight is 407 g/mol. The first-order valence-corrected chi connectivity index (χ1v) is 9.91. The number of amides is 2. The number of carbonyl (C=O) groups excluding carboxylic acids is 1. The third-order valence-electron chi connectivity index (χ3n) is 4.45. The van der Waals surface area contributed by atoms with Crippen LogP contribution < -0.4 is 15.4 Å². The van der Waals surface area contributed by atoms with Crippen molar-refractivity contribution in [3.05, 3.63) is 41.8 Å². The zero-order valence-corrected chi connectivity index (χ0v) is 17.8. The maximum atomic E-state index is 13.7. The molecule has 0 bridgehead atoms. The van der Waals surface area contributed by atoms with Crippen molar-refractivity contribution in [1.29, 1.82) is 0 Å². The quantitative estimate of drug-likeness (QED) is 0.613. The number of para-hydroxylation sites is 1. The Morgan fingerprint density at radius 2 is 2.00 bits per heavy atom. The van der Waals surface area contributed by atoms with Gasteiger partial charge in [0, 0.05) is 18.9 Å². The molecule has 0 aliphatic carbocycles. The lowest BCUT2D eigenvalue weighted by Crippen LogP contribution is -2.51. The summed E-state index contributed by atoms with van der Waals surface area (Å²) in [6, 6.07) is 5.62. The van der Waals surface area contributed by atoms with Gasteiger partial charge in [-0.2, -0.15) is 4.98 Å². The lowest BCUT2D eigenvalue weighted by Gasteiger charge is -2.31. The molecule has 2 amide bonds. The molecule has 1 aromatic heterocycles. The molecule has 160 valence electrons. The molecule has 1 unspecified atom stereocenters. The van der Waals surface area contributed by atoms with Crippen molar-refractivity contribution >= 4 is 6.03 Å². The molecule has 1 heterocycles. The zero-order chi connectivity index (χ0) is 21.4. The normalized spacial score (nSPS) is 12.7. The van der Waals surface area contributed by atoms with Crippen LogP contribution in [0.3, 0.4) is 0 Å². The summed E-state index contributed by atoms with van der Waals surface area (Å²) in [6.07, 6.45) is 1.28. The smallest absolute Gasteiger partial charge is 0.315 e. The minimum Gasteiger partial charge on any atom is -0.488 e. The highest BCUT2D eigenvalue weighted by molar-refractivity contribution is 5.74. The van der Waals surface area contributed by atoms with Crippen LogP contribution in [0.5, 0.6) is 5.75 Å². The van der Waals surface area contributed by atoms with Gasteiger partial charge < -0.3 is 19.9 Å². The van der Waals surface area contributed by atoms with E-state index < -0.39 is 5.82 Å². The standard InChI is InChI=1S/C21H31FN4O3/c1-14(2)19-25-18(29-26-19)11-8-12-23-20(27)24-17(21(3,4)5)13-28-16-10-7-6-9-15(16)22/h6-7,9-10,14,17H,8,11-13H2,1-5H3,(H2,23,24,27). The second-order valence-corrected chi connectivity index (χ2v) is 8.36. The van der Waals surface area contributed by atoms with E-state index in [0.717, 1.165) is 0 Å². The second-order valence-electron chi connectivity index (χ2n) is 8.36. The monoisotopic (exact) mass is 406 g/mol. The van der Waals surface area contributed by atoms with E-state index in [-0.39, 0.29) is 35.8 Å². The summed E-state index contributed by atoms with van der Waals surface area (Å²) < 4.78 is 24.5. The van der Waals surface area contributed by atoms with Gasteiger partial charge in [-0.3, -0.25) is 0 Å². The topological polar surface area (TPSA) is 89.3 Å². The van der Waals surface area contributed by atoms with E-state index in [0.29, 0.717) is 31.1 Å². The molecule has 0 aliphatic rings. The molecule has 0 saturated carbocycles. The number of carbonyl (C=O) groups is 1. The predicted molar refractivity (Wildman–Crippen MR) is 108 cm³/mol. The summed E-state index contributed by atoms with van der Waals surface area (Å²) in [4.78, 5) is 16.6.